The standard InChI is InChI=1S/C14H20FNO2/c1-10(2)18-8-7-16(4)14(17)12-6-5-11(3)9-13(12)15/h5-6,9-10H,7-8H2,1-4H3. The fraction of sp³-hybridized carbons (Fsp3) is 0.500. The Morgan fingerprint density at radius 2 is 2.11 bits per heavy atom. The van der Waals surface area contributed by atoms with E-state index in [1.165, 1.54) is 17.0 Å². The van der Waals surface area contributed by atoms with E-state index in [1.54, 1.807) is 20.0 Å². The van der Waals surface area contributed by atoms with E-state index in [1.807, 2.05) is 13.8 Å². The highest BCUT2D eigenvalue weighted by Crippen LogP contribution is 2.11. The predicted octanol–water partition coefficient (Wildman–Crippen LogP) is 2.63. The van der Waals surface area contributed by atoms with Gasteiger partial charge in [-0.2, -0.15) is 0 Å². The topological polar surface area (TPSA) is 29.5 Å². The summed E-state index contributed by atoms with van der Waals surface area (Å²) >= 11 is 0. The van der Waals surface area contributed by atoms with E-state index >= 15 is 0 Å². The molecule has 0 aliphatic heterocycles. The lowest BCUT2D eigenvalue weighted by atomic mass is 10.1. The first kappa shape index (κ1) is 14.6. The molecule has 0 saturated carbocycles. The number of aryl methyl sites for hydroxylation is 1. The van der Waals surface area contributed by atoms with Gasteiger partial charge in [0.15, 0.2) is 0 Å². The van der Waals surface area contributed by atoms with Crippen LogP contribution in [0.5, 0.6) is 0 Å². The first-order chi connectivity index (χ1) is 8.41. The molecule has 18 heavy (non-hydrogen) atoms. The minimum atomic E-state index is -0.475. The maximum atomic E-state index is 13.6. The number of nitrogens with zero attached hydrogens (tertiary/aromatic N) is 1. The van der Waals surface area contributed by atoms with Gasteiger partial charge in [0, 0.05) is 13.6 Å². The van der Waals surface area contributed by atoms with Gasteiger partial charge in [0.25, 0.3) is 5.91 Å². The van der Waals surface area contributed by atoms with Crippen molar-refractivity contribution >= 4 is 5.91 Å². The van der Waals surface area contributed by atoms with Crippen molar-refractivity contribution in [2.75, 3.05) is 20.2 Å². The summed E-state index contributed by atoms with van der Waals surface area (Å²) in [6, 6.07) is 4.62. The van der Waals surface area contributed by atoms with Crippen molar-refractivity contribution in [3.05, 3.63) is 35.1 Å². The van der Waals surface area contributed by atoms with Crippen LogP contribution in [0.2, 0.25) is 0 Å². The van der Waals surface area contributed by atoms with Gasteiger partial charge in [0.05, 0.1) is 18.3 Å². The quantitative estimate of drug-likeness (QED) is 0.807. The number of likely N-dealkylation sites (N-methyl/N-ethyl adjacent to an activating group) is 1. The minimum absolute atomic E-state index is 0.104. The van der Waals surface area contributed by atoms with Crippen molar-refractivity contribution in [1.82, 2.24) is 4.90 Å². The molecule has 0 fully saturated rings. The number of rotatable bonds is 5. The number of hydrogen-bond acceptors (Lipinski definition) is 2. The molecule has 1 rings (SSSR count). The predicted molar refractivity (Wildman–Crippen MR) is 69.2 cm³/mol. The van der Waals surface area contributed by atoms with Crippen LogP contribution >= 0.6 is 0 Å². The zero-order valence-corrected chi connectivity index (χ0v) is 11.4. The van der Waals surface area contributed by atoms with Gasteiger partial charge in [-0.3, -0.25) is 4.79 Å². The summed E-state index contributed by atoms with van der Waals surface area (Å²) in [6.45, 7) is 6.55. The van der Waals surface area contributed by atoms with Crippen LogP contribution in [-0.2, 0) is 4.74 Å². The second-order valence-corrected chi connectivity index (χ2v) is 4.63. The molecular weight excluding hydrogens is 233 g/mol. The van der Waals surface area contributed by atoms with Crippen LogP contribution in [0.25, 0.3) is 0 Å². The molecule has 3 nitrogen and oxygen atoms in total. The number of benzene rings is 1. The maximum absolute atomic E-state index is 13.6. The molecule has 1 amide bonds. The van der Waals surface area contributed by atoms with E-state index < -0.39 is 5.82 Å². The van der Waals surface area contributed by atoms with Gasteiger partial charge in [0.1, 0.15) is 5.82 Å². The van der Waals surface area contributed by atoms with Crippen molar-refractivity contribution < 1.29 is 13.9 Å². The third-order valence-corrected chi connectivity index (χ3v) is 2.58. The lowest BCUT2D eigenvalue weighted by molar-refractivity contribution is 0.0529. The van der Waals surface area contributed by atoms with E-state index in [0.29, 0.717) is 13.2 Å². The molecule has 1 aromatic carbocycles. The second kappa shape index (κ2) is 6.50. The smallest absolute Gasteiger partial charge is 0.256 e. The Kier molecular flexibility index (Phi) is 5.28. The lowest BCUT2D eigenvalue weighted by Crippen LogP contribution is -2.31. The third-order valence-electron chi connectivity index (χ3n) is 2.58. The van der Waals surface area contributed by atoms with Crippen LogP contribution in [0.3, 0.4) is 0 Å². The summed E-state index contributed by atoms with van der Waals surface area (Å²) in [7, 11) is 1.64. The number of ether oxygens (including phenoxy) is 1. The Morgan fingerprint density at radius 1 is 1.44 bits per heavy atom. The van der Waals surface area contributed by atoms with Gasteiger partial charge in [-0.1, -0.05) is 6.07 Å². The Labute approximate surface area is 108 Å². The average Bonchev–Trinajstić information content (AvgIpc) is 2.27. The first-order valence-corrected chi connectivity index (χ1v) is 6.05. The molecule has 0 aromatic heterocycles. The summed E-state index contributed by atoms with van der Waals surface area (Å²) in [5, 5.41) is 0. The van der Waals surface area contributed by atoms with Crippen LogP contribution in [0.15, 0.2) is 18.2 Å². The number of hydrogen-bond donors (Lipinski definition) is 0. The van der Waals surface area contributed by atoms with E-state index in [2.05, 4.69) is 0 Å². The molecule has 0 radical (unpaired) electrons. The van der Waals surface area contributed by atoms with Crippen LogP contribution in [-0.4, -0.2) is 37.1 Å². The van der Waals surface area contributed by atoms with Crippen LogP contribution in [0.4, 0.5) is 4.39 Å². The van der Waals surface area contributed by atoms with E-state index in [4.69, 9.17) is 4.74 Å². The Hall–Kier alpha value is -1.42. The van der Waals surface area contributed by atoms with Gasteiger partial charge in [-0.25, -0.2) is 4.39 Å². The normalized spacial score (nSPS) is 10.8. The fourth-order valence-electron chi connectivity index (χ4n) is 1.53. The maximum Gasteiger partial charge on any atom is 0.256 e. The van der Waals surface area contributed by atoms with Crippen molar-refractivity contribution in [3.63, 3.8) is 0 Å². The van der Waals surface area contributed by atoms with Crippen molar-refractivity contribution in [3.8, 4) is 0 Å². The van der Waals surface area contributed by atoms with Gasteiger partial charge in [-0.15, -0.1) is 0 Å². The van der Waals surface area contributed by atoms with Gasteiger partial charge >= 0.3 is 0 Å². The summed E-state index contributed by atoms with van der Waals surface area (Å²) in [5.41, 5.74) is 0.905. The lowest BCUT2D eigenvalue weighted by Gasteiger charge is -2.18. The summed E-state index contributed by atoms with van der Waals surface area (Å²) in [5.74, 6) is -0.795. The first-order valence-electron chi connectivity index (χ1n) is 6.05. The van der Waals surface area contributed by atoms with Crippen LogP contribution in [0.1, 0.15) is 29.8 Å². The molecule has 0 heterocycles. The van der Waals surface area contributed by atoms with Gasteiger partial charge in [-0.05, 0) is 38.5 Å². The van der Waals surface area contributed by atoms with Crippen LogP contribution < -0.4 is 0 Å². The molecule has 0 aliphatic carbocycles. The second-order valence-electron chi connectivity index (χ2n) is 4.63. The fourth-order valence-corrected chi connectivity index (χ4v) is 1.53. The van der Waals surface area contributed by atoms with Crippen molar-refractivity contribution in [2.45, 2.75) is 26.9 Å². The van der Waals surface area contributed by atoms with E-state index in [-0.39, 0.29) is 17.6 Å². The van der Waals surface area contributed by atoms with Gasteiger partial charge in [0.2, 0.25) is 0 Å². The summed E-state index contributed by atoms with van der Waals surface area (Å²) in [4.78, 5) is 13.5. The van der Waals surface area contributed by atoms with Crippen molar-refractivity contribution in [2.24, 2.45) is 0 Å². The number of amides is 1. The summed E-state index contributed by atoms with van der Waals surface area (Å²) < 4.78 is 19.0. The zero-order chi connectivity index (χ0) is 13.7. The molecule has 100 valence electrons. The molecule has 0 N–H and O–H groups in total. The Morgan fingerprint density at radius 3 is 2.67 bits per heavy atom. The largest absolute Gasteiger partial charge is 0.377 e. The highest BCUT2D eigenvalue weighted by atomic mass is 19.1. The van der Waals surface area contributed by atoms with Crippen molar-refractivity contribution in [1.29, 1.82) is 0 Å². The minimum Gasteiger partial charge on any atom is -0.377 e. The molecule has 0 saturated heterocycles. The van der Waals surface area contributed by atoms with E-state index in [9.17, 15) is 9.18 Å². The number of halogens is 1. The van der Waals surface area contributed by atoms with E-state index in [0.717, 1.165) is 5.56 Å². The molecule has 1 aromatic rings. The SMILES string of the molecule is Cc1ccc(C(=O)N(C)CCOC(C)C)c(F)c1. The Bertz CT molecular complexity index is 418. The monoisotopic (exact) mass is 253 g/mol. The number of carbonyl (C=O) groups is 1. The average molecular weight is 253 g/mol. The molecule has 0 bridgehead atoms. The summed E-state index contributed by atoms with van der Waals surface area (Å²) in [6.07, 6.45) is 0.129. The molecular formula is C14H20FNO2. The molecule has 0 atom stereocenters. The highest BCUT2D eigenvalue weighted by molar-refractivity contribution is 5.94. The zero-order valence-electron chi connectivity index (χ0n) is 11.4. The number of carbonyl (C=O) groups excluding carboxylic acids is 1. The molecule has 0 spiro atoms. The molecule has 0 unspecified atom stereocenters. The van der Waals surface area contributed by atoms with Gasteiger partial charge < -0.3 is 9.64 Å². The highest BCUT2D eigenvalue weighted by Gasteiger charge is 2.15. The third kappa shape index (κ3) is 4.11. The Balaban J connectivity index is 2.63. The molecule has 0 aliphatic rings. The van der Waals surface area contributed by atoms with Crippen LogP contribution in [0, 0.1) is 12.7 Å². The molecule has 4 heteroatoms.